The van der Waals surface area contributed by atoms with Crippen LogP contribution in [-0.2, 0) is 0 Å². The van der Waals surface area contributed by atoms with Crippen molar-refractivity contribution in [1.29, 1.82) is 0 Å². The molecule has 2 aliphatic heterocycles. The van der Waals surface area contributed by atoms with E-state index in [0.717, 1.165) is 53.9 Å². The third-order valence-electron chi connectivity index (χ3n) is 3.72. The van der Waals surface area contributed by atoms with Gasteiger partial charge in [0.05, 0.1) is 10.2 Å². The van der Waals surface area contributed by atoms with Crippen LogP contribution in [0.5, 0.6) is 0 Å². The lowest BCUT2D eigenvalue weighted by Crippen LogP contribution is -2.50. The van der Waals surface area contributed by atoms with Crippen molar-refractivity contribution in [3.05, 3.63) is 29.1 Å². The minimum absolute atomic E-state index is 0.762. The third-order valence-corrected chi connectivity index (χ3v) is 4.14. The number of hydrogen-bond donors (Lipinski definition) is 1. The Morgan fingerprint density at radius 2 is 2.12 bits per heavy atom. The van der Waals surface area contributed by atoms with Crippen LogP contribution in [0.1, 0.15) is 12.2 Å². The van der Waals surface area contributed by atoms with Crippen LogP contribution in [0.2, 0.25) is 0 Å². The highest BCUT2D eigenvalue weighted by molar-refractivity contribution is 9.10. The van der Waals surface area contributed by atoms with Crippen LogP contribution in [0, 0.1) is 11.8 Å². The quantitative estimate of drug-likeness (QED) is 0.909. The van der Waals surface area contributed by atoms with Gasteiger partial charge in [-0.1, -0.05) is 6.58 Å². The van der Waals surface area contributed by atoms with Crippen molar-refractivity contribution in [1.82, 2.24) is 10.2 Å². The average Bonchev–Trinajstić information content (AvgIpc) is 2.74. The van der Waals surface area contributed by atoms with E-state index in [0.29, 0.717) is 0 Å². The van der Waals surface area contributed by atoms with Crippen LogP contribution in [0.4, 0.5) is 0 Å². The summed E-state index contributed by atoms with van der Waals surface area (Å²) in [6, 6.07) is 1.99. The van der Waals surface area contributed by atoms with Crippen LogP contribution < -0.4 is 5.32 Å². The molecule has 1 N–H and O–H groups in total. The second-order valence-electron chi connectivity index (χ2n) is 5.11. The number of fused-ring (bicyclic) bond motifs is 2. The van der Waals surface area contributed by atoms with E-state index in [-0.39, 0.29) is 0 Å². The van der Waals surface area contributed by atoms with Crippen molar-refractivity contribution < 1.29 is 4.42 Å². The molecule has 2 atom stereocenters. The highest BCUT2D eigenvalue weighted by atomic mass is 79.9. The minimum Gasteiger partial charge on any atom is -0.462 e. The first-order valence-corrected chi connectivity index (χ1v) is 6.90. The van der Waals surface area contributed by atoms with Crippen molar-refractivity contribution in [2.24, 2.45) is 11.8 Å². The molecule has 2 fully saturated rings. The maximum absolute atomic E-state index is 5.50. The standard InChI is InChI=1S/C13H17BrN2O/c1-9(13-3-12(14)8-17-13)16-6-10-2-11(7-16)5-15-4-10/h3,8,10-11,15H,1-2,4-7H2. The Labute approximate surface area is 110 Å². The SMILES string of the molecule is C=C(c1cc(Br)co1)N1CC2CNCC(C2)C1. The number of hydrogen-bond acceptors (Lipinski definition) is 3. The number of furan rings is 1. The van der Waals surface area contributed by atoms with Crippen LogP contribution >= 0.6 is 15.9 Å². The summed E-state index contributed by atoms with van der Waals surface area (Å²) < 4.78 is 6.48. The maximum Gasteiger partial charge on any atom is 0.150 e. The molecule has 0 amide bonds. The predicted octanol–water partition coefficient (Wildman–Crippen LogP) is 2.55. The molecule has 2 aliphatic rings. The summed E-state index contributed by atoms with van der Waals surface area (Å²) in [6.07, 6.45) is 3.07. The molecule has 0 spiro atoms. The van der Waals surface area contributed by atoms with Crippen molar-refractivity contribution in [2.45, 2.75) is 6.42 Å². The molecular formula is C13H17BrN2O. The second kappa shape index (κ2) is 4.50. The van der Waals surface area contributed by atoms with Crippen molar-refractivity contribution in [3.63, 3.8) is 0 Å². The lowest BCUT2D eigenvalue weighted by atomic mass is 9.85. The fraction of sp³-hybridized carbons (Fsp3) is 0.538. The number of nitrogens with zero attached hydrogens (tertiary/aromatic N) is 1. The van der Waals surface area contributed by atoms with Crippen molar-refractivity contribution in [2.75, 3.05) is 26.2 Å². The van der Waals surface area contributed by atoms with Crippen molar-refractivity contribution in [3.8, 4) is 0 Å². The zero-order valence-electron chi connectivity index (χ0n) is 9.79. The Balaban J connectivity index is 1.74. The molecule has 3 nitrogen and oxygen atoms in total. The zero-order chi connectivity index (χ0) is 11.8. The molecule has 2 unspecified atom stereocenters. The summed E-state index contributed by atoms with van der Waals surface area (Å²) in [5.74, 6) is 2.40. The molecule has 0 radical (unpaired) electrons. The number of rotatable bonds is 2. The first-order chi connectivity index (χ1) is 8.22. The maximum atomic E-state index is 5.50. The van der Waals surface area contributed by atoms with E-state index in [1.165, 1.54) is 6.42 Å². The van der Waals surface area contributed by atoms with Gasteiger partial charge < -0.3 is 14.6 Å². The van der Waals surface area contributed by atoms with Gasteiger partial charge in [0.15, 0.2) is 0 Å². The lowest BCUT2D eigenvalue weighted by Gasteiger charge is -2.43. The van der Waals surface area contributed by atoms with Gasteiger partial charge in [0.2, 0.25) is 0 Å². The summed E-state index contributed by atoms with van der Waals surface area (Å²) in [7, 11) is 0. The van der Waals surface area contributed by atoms with E-state index in [4.69, 9.17) is 4.42 Å². The molecule has 1 aromatic heterocycles. The summed E-state index contributed by atoms with van der Waals surface area (Å²) in [4.78, 5) is 2.38. The van der Waals surface area contributed by atoms with E-state index in [1.54, 1.807) is 6.26 Å². The van der Waals surface area contributed by atoms with Gasteiger partial charge in [-0.25, -0.2) is 0 Å². The van der Waals surface area contributed by atoms with Crippen LogP contribution in [0.25, 0.3) is 5.70 Å². The smallest absolute Gasteiger partial charge is 0.150 e. The Morgan fingerprint density at radius 1 is 1.41 bits per heavy atom. The van der Waals surface area contributed by atoms with Gasteiger partial charge in [0.25, 0.3) is 0 Å². The van der Waals surface area contributed by atoms with Crippen LogP contribution in [0.15, 0.2) is 27.8 Å². The molecule has 3 rings (SSSR count). The number of halogens is 1. The lowest BCUT2D eigenvalue weighted by molar-refractivity contribution is 0.142. The molecule has 4 heteroatoms. The van der Waals surface area contributed by atoms with Gasteiger partial charge in [-0.2, -0.15) is 0 Å². The molecule has 1 aromatic rings. The predicted molar refractivity (Wildman–Crippen MR) is 71.5 cm³/mol. The van der Waals surface area contributed by atoms with Crippen molar-refractivity contribution >= 4 is 21.6 Å². The fourth-order valence-electron chi connectivity index (χ4n) is 2.95. The number of piperidine rings is 2. The summed E-state index contributed by atoms with van der Waals surface area (Å²) in [5.41, 5.74) is 1.02. The first-order valence-electron chi connectivity index (χ1n) is 6.11. The van der Waals surface area contributed by atoms with Gasteiger partial charge in [-0.05, 0) is 47.3 Å². The topological polar surface area (TPSA) is 28.4 Å². The van der Waals surface area contributed by atoms with E-state index >= 15 is 0 Å². The van der Waals surface area contributed by atoms with Gasteiger partial charge in [-0.15, -0.1) is 0 Å². The van der Waals surface area contributed by atoms with E-state index in [1.807, 2.05) is 6.07 Å². The molecule has 92 valence electrons. The van der Waals surface area contributed by atoms with Gasteiger partial charge in [-0.3, -0.25) is 0 Å². The fourth-order valence-corrected chi connectivity index (χ4v) is 3.25. The van der Waals surface area contributed by atoms with E-state index in [9.17, 15) is 0 Å². The highest BCUT2D eigenvalue weighted by Gasteiger charge is 2.31. The third kappa shape index (κ3) is 2.29. The Kier molecular flexibility index (Phi) is 3.01. The minimum atomic E-state index is 0.762. The molecule has 2 bridgehead atoms. The largest absolute Gasteiger partial charge is 0.462 e. The zero-order valence-corrected chi connectivity index (χ0v) is 11.4. The molecule has 0 aliphatic carbocycles. The normalized spacial score (nSPS) is 28.2. The van der Waals surface area contributed by atoms with Crippen LogP contribution in [0.3, 0.4) is 0 Å². The molecule has 0 aromatic carbocycles. The summed E-state index contributed by atoms with van der Waals surface area (Å²) in [6.45, 7) is 8.66. The van der Waals surface area contributed by atoms with E-state index in [2.05, 4.69) is 32.7 Å². The first kappa shape index (κ1) is 11.4. The molecule has 2 saturated heterocycles. The monoisotopic (exact) mass is 296 g/mol. The van der Waals surface area contributed by atoms with Crippen LogP contribution in [-0.4, -0.2) is 31.1 Å². The summed E-state index contributed by atoms with van der Waals surface area (Å²) in [5, 5.41) is 3.50. The molecular weight excluding hydrogens is 280 g/mol. The number of likely N-dealkylation sites (tertiary alicyclic amines) is 1. The van der Waals surface area contributed by atoms with Gasteiger partial charge in [0, 0.05) is 19.2 Å². The number of nitrogens with one attached hydrogen (secondary N) is 1. The van der Waals surface area contributed by atoms with E-state index < -0.39 is 0 Å². The average molecular weight is 297 g/mol. The highest BCUT2D eigenvalue weighted by Crippen LogP contribution is 2.30. The Bertz CT molecular complexity index is 417. The van der Waals surface area contributed by atoms with Gasteiger partial charge in [0.1, 0.15) is 12.0 Å². The Hall–Kier alpha value is -0.740. The Morgan fingerprint density at radius 3 is 2.71 bits per heavy atom. The summed E-state index contributed by atoms with van der Waals surface area (Å²) >= 11 is 3.41. The molecule has 3 heterocycles. The molecule has 0 saturated carbocycles. The second-order valence-corrected chi connectivity index (χ2v) is 6.02. The molecule has 17 heavy (non-hydrogen) atoms. The van der Waals surface area contributed by atoms with Gasteiger partial charge >= 0.3 is 0 Å².